The molecule has 2 aromatic carbocycles. The van der Waals surface area contributed by atoms with E-state index in [1.165, 1.54) is 5.56 Å². The first kappa shape index (κ1) is 11.3. The number of hydrogen-bond donors (Lipinski definition) is 0. The minimum atomic E-state index is 0.643. The van der Waals surface area contributed by atoms with Gasteiger partial charge in [-0.1, -0.05) is 29.3 Å². The molecule has 18 heavy (non-hydrogen) atoms. The van der Waals surface area contributed by atoms with Crippen molar-refractivity contribution in [1.29, 1.82) is 0 Å². The summed E-state index contributed by atoms with van der Waals surface area (Å²) in [5, 5.41) is 0.669. The van der Waals surface area contributed by atoms with E-state index in [-0.39, 0.29) is 0 Å². The second kappa shape index (κ2) is 4.14. The molecular weight excluding hydrogens is 246 g/mol. The van der Waals surface area contributed by atoms with Crippen LogP contribution in [-0.4, -0.2) is 4.98 Å². The molecule has 0 saturated carbocycles. The van der Waals surface area contributed by atoms with Crippen LogP contribution in [0.1, 0.15) is 11.1 Å². The van der Waals surface area contributed by atoms with Crippen molar-refractivity contribution >= 4 is 22.7 Å². The molecule has 0 amide bonds. The summed E-state index contributed by atoms with van der Waals surface area (Å²) >= 11 is 5.94. The van der Waals surface area contributed by atoms with Crippen molar-refractivity contribution in [3.63, 3.8) is 0 Å². The van der Waals surface area contributed by atoms with Crippen LogP contribution in [0.3, 0.4) is 0 Å². The van der Waals surface area contributed by atoms with Gasteiger partial charge < -0.3 is 4.42 Å². The van der Waals surface area contributed by atoms with Crippen LogP contribution in [0.2, 0.25) is 5.02 Å². The highest BCUT2D eigenvalue weighted by atomic mass is 35.5. The third-order valence-electron chi connectivity index (χ3n) is 2.96. The molecule has 3 heteroatoms. The van der Waals surface area contributed by atoms with Crippen LogP contribution >= 0.6 is 11.6 Å². The topological polar surface area (TPSA) is 26.0 Å². The molecule has 0 fully saturated rings. The Morgan fingerprint density at radius 2 is 1.89 bits per heavy atom. The summed E-state index contributed by atoms with van der Waals surface area (Å²) in [4.78, 5) is 4.48. The largest absolute Gasteiger partial charge is 0.436 e. The molecule has 1 heterocycles. The highest BCUT2D eigenvalue weighted by Gasteiger charge is 2.10. The Kier molecular flexibility index (Phi) is 2.60. The van der Waals surface area contributed by atoms with Gasteiger partial charge in [0.2, 0.25) is 5.89 Å². The predicted octanol–water partition coefficient (Wildman–Crippen LogP) is 4.77. The third kappa shape index (κ3) is 1.89. The molecule has 0 spiro atoms. The maximum Gasteiger partial charge on any atom is 0.227 e. The molecule has 0 saturated heterocycles. The summed E-state index contributed by atoms with van der Waals surface area (Å²) in [7, 11) is 0. The Labute approximate surface area is 110 Å². The summed E-state index contributed by atoms with van der Waals surface area (Å²) < 4.78 is 5.76. The molecular formula is C15H12ClNO. The standard InChI is InChI=1S/C15H12ClNO/c1-9-3-5-12(10(2)7-9)15-17-13-8-11(16)4-6-14(13)18-15/h3-8H,1-2H3. The number of halogens is 1. The predicted molar refractivity (Wildman–Crippen MR) is 73.9 cm³/mol. The second-order valence-corrected chi connectivity index (χ2v) is 4.89. The smallest absolute Gasteiger partial charge is 0.227 e. The maximum absolute atomic E-state index is 5.94. The Morgan fingerprint density at radius 3 is 2.67 bits per heavy atom. The van der Waals surface area contributed by atoms with Gasteiger partial charge in [0, 0.05) is 10.6 Å². The van der Waals surface area contributed by atoms with Crippen molar-refractivity contribution in [3.8, 4) is 11.5 Å². The first-order valence-corrected chi connectivity index (χ1v) is 6.15. The fourth-order valence-electron chi connectivity index (χ4n) is 2.07. The molecule has 1 aromatic heterocycles. The fraction of sp³-hybridized carbons (Fsp3) is 0.133. The molecule has 0 aliphatic heterocycles. The fourth-order valence-corrected chi connectivity index (χ4v) is 2.24. The summed E-state index contributed by atoms with van der Waals surface area (Å²) in [5.74, 6) is 0.643. The van der Waals surface area contributed by atoms with Crippen molar-refractivity contribution in [2.24, 2.45) is 0 Å². The first-order valence-electron chi connectivity index (χ1n) is 5.77. The van der Waals surface area contributed by atoms with Gasteiger partial charge in [-0.15, -0.1) is 0 Å². The number of rotatable bonds is 1. The Hall–Kier alpha value is -1.80. The van der Waals surface area contributed by atoms with E-state index in [9.17, 15) is 0 Å². The average Bonchev–Trinajstić information content (AvgIpc) is 2.71. The van der Waals surface area contributed by atoms with Crippen molar-refractivity contribution in [2.45, 2.75) is 13.8 Å². The van der Waals surface area contributed by atoms with Crippen LogP contribution in [0.5, 0.6) is 0 Å². The molecule has 0 aliphatic rings. The van der Waals surface area contributed by atoms with E-state index in [4.69, 9.17) is 16.0 Å². The zero-order chi connectivity index (χ0) is 12.7. The number of fused-ring (bicyclic) bond motifs is 1. The van der Waals surface area contributed by atoms with Gasteiger partial charge in [-0.05, 0) is 43.7 Å². The average molecular weight is 258 g/mol. The van der Waals surface area contributed by atoms with Gasteiger partial charge in [0.05, 0.1) is 0 Å². The molecule has 0 aliphatic carbocycles. The zero-order valence-corrected chi connectivity index (χ0v) is 11.0. The van der Waals surface area contributed by atoms with E-state index in [1.807, 2.05) is 18.2 Å². The van der Waals surface area contributed by atoms with Crippen LogP contribution in [0.15, 0.2) is 40.8 Å². The van der Waals surface area contributed by atoms with Crippen LogP contribution in [-0.2, 0) is 0 Å². The van der Waals surface area contributed by atoms with Gasteiger partial charge >= 0.3 is 0 Å². The van der Waals surface area contributed by atoms with Crippen LogP contribution in [0, 0.1) is 13.8 Å². The molecule has 3 aromatic rings. The normalized spacial score (nSPS) is 11.1. The van der Waals surface area contributed by atoms with Crippen LogP contribution in [0.25, 0.3) is 22.6 Å². The number of aromatic nitrogens is 1. The minimum Gasteiger partial charge on any atom is -0.436 e. The van der Waals surface area contributed by atoms with Gasteiger partial charge in [0.25, 0.3) is 0 Å². The summed E-state index contributed by atoms with van der Waals surface area (Å²) in [6, 6.07) is 11.7. The van der Waals surface area contributed by atoms with E-state index in [0.29, 0.717) is 10.9 Å². The highest BCUT2D eigenvalue weighted by molar-refractivity contribution is 6.31. The quantitative estimate of drug-likeness (QED) is 0.628. The molecule has 0 unspecified atom stereocenters. The second-order valence-electron chi connectivity index (χ2n) is 4.45. The summed E-state index contributed by atoms with van der Waals surface area (Å²) in [6.45, 7) is 4.13. The van der Waals surface area contributed by atoms with Gasteiger partial charge in [-0.25, -0.2) is 4.98 Å². The molecule has 90 valence electrons. The van der Waals surface area contributed by atoms with Gasteiger partial charge in [0.15, 0.2) is 5.58 Å². The number of hydrogen-bond acceptors (Lipinski definition) is 2. The summed E-state index contributed by atoms with van der Waals surface area (Å²) in [6.07, 6.45) is 0. The van der Waals surface area contributed by atoms with E-state index < -0.39 is 0 Å². The molecule has 0 atom stereocenters. The summed E-state index contributed by atoms with van der Waals surface area (Å²) in [5.41, 5.74) is 4.96. The van der Waals surface area contributed by atoms with Crippen LogP contribution in [0.4, 0.5) is 0 Å². The molecule has 0 bridgehead atoms. The van der Waals surface area contributed by atoms with E-state index in [0.717, 1.165) is 22.2 Å². The van der Waals surface area contributed by atoms with E-state index in [1.54, 1.807) is 6.07 Å². The Morgan fingerprint density at radius 1 is 1.06 bits per heavy atom. The number of nitrogens with zero attached hydrogens (tertiary/aromatic N) is 1. The van der Waals surface area contributed by atoms with Crippen molar-refractivity contribution < 1.29 is 4.42 Å². The Balaban J connectivity index is 2.19. The molecule has 3 rings (SSSR count). The van der Waals surface area contributed by atoms with Gasteiger partial charge in [0.1, 0.15) is 5.52 Å². The van der Waals surface area contributed by atoms with Crippen LogP contribution < -0.4 is 0 Å². The lowest BCUT2D eigenvalue weighted by Crippen LogP contribution is -1.84. The lowest BCUT2D eigenvalue weighted by molar-refractivity contribution is 0.619. The third-order valence-corrected chi connectivity index (χ3v) is 3.20. The maximum atomic E-state index is 5.94. The van der Waals surface area contributed by atoms with Crippen molar-refractivity contribution in [1.82, 2.24) is 4.98 Å². The number of aryl methyl sites for hydroxylation is 2. The van der Waals surface area contributed by atoms with Gasteiger partial charge in [-0.3, -0.25) is 0 Å². The number of oxazole rings is 1. The molecule has 0 radical (unpaired) electrons. The first-order chi connectivity index (χ1) is 8.63. The Bertz CT molecular complexity index is 730. The van der Waals surface area contributed by atoms with Crippen molar-refractivity contribution in [2.75, 3.05) is 0 Å². The SMILES string of the molecule is Cc1ccc(-c2nc3cc(Cl)ccc3o2)c(C)c1. The highest BCUT2D eigenvalue weighted by Crippen LogP contribution is 2.28. The lowest BCUT2D eigenvalue weighted by Gasteiger charge is -2.01. The van der Waals surface area contributed by atoms with Crippen molar-refractivity contribution in [3.05, 3.63) is 52.5 Å². The molecule has 2 nitrogen and oxygen atoms in total. The monoisotopic (exact) mass is 257 g/mol. The minimum absolute atomic E-state index is 0.643. The van der Waals surface area contributed by atoms with E-state index >= 15 is 0 Å². The lowest BCUT2D eigenvalue weighted by atomic mass is 10.1. The zero-order valence-electron chi connectivity index (χ0n) is 10.2. The van der Waals surface area contributed by atoms with Gasteiger partial charge in [-0.2, -0.15) is 0 Å². The van der Waals surface area contributed by atoms with E-state index in [2.05, 4.69) is 31.0 Å². The molecule has 0 N–H and O–H groups in total. The number of benzene rings is 2.